The lowest BCUT2D eigenvalue weighted by Gasteiger charge is -2.25. The van der Waals surface area contributed by atoms with E-state index in [1.165, 1.54) is 18.2 Å². The molecule has 0 aliphatic heterocycles. The normalized spacial score (nSPS) is 12.1. The summed E-state index contributed by atoms with van der Waals surface area (Å²) in [5.74, 6) is -0.323. The maximum Gasteiger partial charge on any atom is 0.573 e. The van der Waals surface area contributed by atoms with Gasteiger partial charge in [-0.15, -0.1) is 13.2 Å². The van der Waals surface area contributed by atoms with Crippen molar-refractivity contribution in [2.24, 2.45) is 5.73 Å². The van der Waals surface area contributed by atoms with E-state index < -0.39 is 18.1 Å². The minimum absolute atomic E-state index is 0.0438. The molecule has 0 heterocycles. The van der Waals surface area contributed by atoms with Gasteiger partial charge in [0.1, 0.15) is 11.4 Å². The Morgan fingerprint density at radius 1 is 1.26 bits per heavy atom. The lowest BCUT2D eigenvalue weighted by Crippen LogP contribution is -2.33. The molecule has 19 heavy (non-hydrogen) atoms. The second-order valence-electron chi connectivity index (χ2n) is 4.51. The molecule has 1 aromatic carbocycles. The number of halogens is 3. The fourth-order valence-corrected chi connectivity index (χ4v) is 1.64. The molecule has 2 N–H and O–H groups in total. The predicted molar refractivity (Wildman–Crippen MR) is 61.6 cm³/mol. The van der Waals surface area contributed by atoms with Crippen molar-refractivity contribution in [2.45, 2.75) is 32.2 Å². The van der Waals surface area contributed by atoms with Gasteiger partial charge in [-0.1, -0.05) is 18.2 Å². The summed E-state index contributed by atoms with van der Waals surface area (Å²) < 4.78 is 45.5. The zero-order valence-electron chi connectivity index (χ0n) is 10.5. The number of alkyl halides is 3. The number of primary amides is 1. The summed E-state index contributed by atoms with van der Waals surface area (Å²) in [6, 6.07) is 5.65. The molecule has 0 aliphatic carbocycles. The molecule has 0 bridgehead atoms. The summed E-state index contributed by atoms with van der Waals surface area (Å²) in [5, 5.41) is 0. The lowest BCUT2D eigenvalue weighted by molar-refractivity contribution is -0.275. The number of hydrogen-bond donors (Lipinski definition) is 1. The molecule has 0 saturated heterocycles. The summed E-state index contributed by atoms with van der Waals surface area (Å²) in [4.78, 5) is 10.7. The number of carbonyl (C=O) groups is 1. The fourth-order valence-electron chi connectivity index (χ4n) is 1.64. The van der Waals surface area contributed by atoms with Crippen LogP contribution in [0.15, 0.2) is 24.3 Å². The molecule has 0 unspecified atom stereocenters. The number of ether oxygens (including phenoxy) is 2. The molecule has 0 saturated carbocycles. The van der Waals surface area contributed by atoms with Crippen LogP contribution in [-0.4, -0.2) is 18.1 Å². The van der Waals surface area contributed by atoms with Crippen LogP contribution in [0.3, 0.4) is 0 Å². The number of hydrogen-bond acceptors (Lipinski definition) is 3. The van der Waals surface area contributed by atoms with Crippen molar-refractivity contribution in [1.29, 1.82) is 0 Å². The van der Waals surface area contributed by atoms with Crippen molar-refractivity contribution < 1.29 is 27.4 Å². The summed E-state index contributed by atoms with van der Waals surface area (Å²) in [6.07, 6.45) is -5.72. The molecule has 4 nitrogen and oxygen atoms in total. The molecule has 7 heteroatoms. The molecule has 0 spiro atoms. The van der Waals surface area contributed by atoms with Gasteiger partial charge in [0.05, 0.1) is 0 Å². The zero-order valence-corrected chi connectivity index (χ0v) is 10.5. The van der Waals surface area contributed by atoms with Crippen molar-refractivity contribution in [3.63, 3.8) is 0 Å². The Balaban J connectivity index is 2.92. The molecule has 1 rings (SSSR count). The third-order valence-corrected chi connectivity index (χ3v) is 2.19. The maximum absolute atomic E-state index is 12.2. The number of rotatable bonds is 4. The van der Waals surface area contributed by atoms with Crippen LogP contribution in [0.2, 0.25) is 0 Å². The van der Waals surface area contributed by atoms with Crippen LogP contribution >= 0.6 is 0 Å². The largest absolute Gasteiger partial charge is 0.573 e. The van der Waals surface area contributed by atoms with Crippen molar-refractivity contribution in [2.75, 3.05) is 0 Å². The predicted octanol–water partition coefficient (Wildman–Crippen LogP) is 3.00. The summed E-state index contributed by atoms with van der Waals surface area (Å²) in [6.45, 7) is 3.09. The SMILES string of the molecule is CC(C)(Cc1ccccc1OC(F)(F)F)OC(N)=O. The van der Waals surface area contributed by atoms with Crippen LogP contribution in [0.5, 0.6) is 5.75 Å². The highest BCUT2D eigenvalue weighted by atomic mass is 19.4. The summed E-state index contributed by atoms with van der Waals surface area (Å²) in [7, 11) is 0. The van der Waals surface area contributed by atoms with Gasteiger partial charge in [0, 0.05) is 6.42 Å². The third-order valence-electron chi connectivity index (χ3n) is 2.19. The van der Waals surface area contributed by atoms with E-state index in [1.54, 1.807) is 19.9 Å². The molecule has 106 valence electrons. The maximum atomic E-state index is 12.2. The molecule has 1 amide bonds. The second-order valence-corrected chi connectivity index (χ2v) is 4.51. The van der Waals surface area contributed by atoms with Gasteiger partial charge in [-0.3, -0.25) is 0 Å². The Morgan fingerprint density at radius 2 is 1.84 bits per heavy atom. The number of benzene rings is 1. The standard InChI is InChI=1S/C12H14F3NO3/c1-11(2,19-10(16)17)7-8-5-3-4-6-9(8)18-12(13,14)15/h3-6H,7H2,1-2H3,(H2,16,17). The average molecular weight is 277 g/mol. The quantitative estimate of drug-likeness (QED) is 0.920. The minimum Gasteiger partial charge on any atom is -0.443 e. The fraction of sp³-hybridized carbons (Fsp3) is 0.417. The number of para-hydroxylation sites is 1. The van der Waals surface area contributed by atoms with Crippen molar-refractivity contribution in [3.8, 4) is 5.75 Å². The average Bonchev–Trinajstić information content (AvgIpc) is 2.16. The minimum atomic E-state index is -4.77. The molecular weight excluding hydrogens is 263 g/mol. The third kappa shape index (κ3) is 5.50. The van der Waals surface area contributed by atoms with Crippen LogP contribution in [0.25, 0.3) is 0 Å². The topological polar surface area (TPSA) is 61.6 Å². The van der Waals surface area contributed by atoms with Crippen LogP contribution in [0.4, 0.5) is 18.0 Å². The van der Waals surface area contributed by atoms with Crippen LogP contribution in [-0.2, 0) is 11.2 Å². The molecular formula is C12H14F3NO3. The first-order valence-electron chi connectivity index (χ1n) is 5.41. The van der Waals surface area contributed by atoms with Crippen molar-refractivity contribution in [3.05, 3.63) is 29.8 Å². The highest BCUT2D eigenvalue weighted by Gasteiger charge is 2.33. The molecule has 0 atom stereocenters. The second kappa shape index (κ2) is 5.38. The molecule has 0 fully saturated rings. The van der Waals surface area contributed by atoms with E-state index in [1.807, 2.05) is 0 Å². The first-order chi connectivity index (χ1) is 8.59. The van der Waals surface area contributed by atoms with Gasteiger partial charge in [-0.25, -0.2) is 4.79 Å². The number of carbonyl (C=O) groups excluding carboxylic acids is 1. The smallest absolute Gasteiger partial charge is 0.443 e. The Hall–Kier alpha value is -1.92. The Bertz CT molecular complexity index is 458. The number of nitrogens with two attached hydrogens (primary N) is 1. The first kappa shape index (κ1) is 15.1. The summed E-state index contributed by atoms with van der Waals surface area (Å²) in [5.41, 5.74) is 4.14. The molecule has 0 aromatic heterocycles. The monoisotopic (exact) mass is 277 g/mol. The van der Waals surface area contributed by atoms with Gasteiger partial charge in [0.15, 0.2) is 0 Å². The molecule has 1 aromatic rings. The van der Waals surface area contributed by atoms with E-state index in [4.69, 9.17) is 10.5 Å². The lowest BCUT2D eigenvalue weighted by atomic mass is 9.97. The van der Waals surface area contributed by atoms with Gasteiger partial charge < -0.3 is 15.2 Å². The van der Waals surface area contributed by atoms with Crippen molar-refractivity contribution >= 4 is 6.09 Å². The Morgan fingerprint density at radius 3 is 2.37 bits per heavy atom. The van der Waals surface area contributed by atoms with Gasteiger partial charge in [-0.05, 0) is 25.5 Å². The van der Waals surface area contributed by atoms with Crippen LogP contribution < -0.4 is 10.5 Å². The molecule has 0 aliphatic rings. The zero-order chi connectivity index (χ0) is 14.7. The Kier molecular flexibility index (Phi) is 4.28. The van der Waals surface area contributed by atoms with E-state index in [0.29, 0.717) is 0 Å². The van der Waals surface area contributed by atoms with E-state index in [-0.39, 0.29) is 17.7 Å². The first-order valence-corrected chi connectivity index (χ1v) is 5.41. The summed E-state index contributed by atoms with van der Waals surface area (Å²) >= 11 is 0. The Labute approximate surface area is 108 Å². The van der Waals surface area contributed by atoms with E-state index in [0.717, 1.165) is 0 Å². The van der Waals surface area contributed by atoms with Gasteiger partial charge in [0.25, 0.3) is 0 Å². The van der Waals surface area contributed by atoms with Gasteiger partial charge in [0.2, 0.25) is 0 Å². The van der Waals surface area contributed by atoms with Gasteiger partial charge in [-0.2, -0.15) is 0 Å². The van der Waals surface area contributed by atoms with E-state index in [9.17, 15) is 18.0 Å². The van der Waals surface area contributed by atoms with Gasteiger partial charge >= 0.3 is 12.5 Å². The van der Waals surface area contributed by atoms with Crippen LogP contribution in [0, 0.1) is 0 Å². The highest BCUT2D eigenvalue weighted by Crippen LogP contribution is 2.29. The van der Waals surface area contributed by atoms with E-state index in [2.05, 4.69) is 4.74 Å². The molecule has 0 radical (unpaired) electrons. The van der Waals surface area contributed by atoms with E-state index >= 15 is 0 Å². The highest BCUT2D eigenvalue weighted by molar-refractivity contribution is 5.65. The van der Waals surface area contributed by atoms with Crippen molar-refractivity contribution in [1.82, 2.24) is 0 Å². The number of amides is 1. The van der Waals surface area contributed by atoms with Crippen LogP contribution in [0.1, 0.15) is 19.4 Å².